The molecule has 1 saturated heterocycles. The minimum atomic E-state index is -4.45. The molecule has 0 spiro atoms. The summed E-state index contributed by atoms with van der Waals surface area (Å²) in [6.45, 7) is 5.02. The third kappa shape index (κ3) is 7.32. The summed E-state index contributed by atoms with van der Waals surface area (Å²) >= 11 is 1.61. The molecule has 4 aromatic rings. The van der Waals surface area contributed by atoms with Gasteiger partial charge in [-0.25, -0.2) is 0 Å². The third-order valence-electron chi connectivity index (χ3n) is 7.67. The maximum absolute atomic E-state index is 13.0. The van der Waals surface area contributed by atoms with Crippen molar-refractivity contribution < 1.29 is 22.8 Å². The average Bonchev–Trinajstić information content (AvgIpc) is 3.44. The van der Waals surface area contributed by atoms with Crippen LogP contribution in [-0.2, 0) is 11.0 Å². The van der Waals surface area contributed by atoms with Crippen molar-refractivity contribution in [3.63, 3.8) is 0 Å². The molecule has 1 atom stereocenters. The van der Waals surface area contributed by atoms with Gasteiger partial charge in [0.25, 0.3) is 5.91 Å². The first-order valence-electron chi connectivity index (χ1n) is 14.6. The van der Waals surface area contributed by atoms with E-state index in [9.17, 15) is 22.8 Å². The van der Waals surface area contributed by atoms with Crippen LogP contribution in [0.15, 0.2) is 84.0 Å². The van der Waals surface area contributed by atoms with E-state index >= 15 is 0 Å². The van der Waals surface area contributed by atoms with E-state index in [-0.39, 0.29) is 23.4 Å². The van der Waals surface area contributed by atoms with E-state index in [2.05, 4.69) is 26.9 Å². The topological polar surface area (TPSA) is 71.3 Å². The molecule has 1 aliphatic rings. The number of hydrogen-bond acceptors (Lipinski definition) is 5. The monoisotopic (exact) mass is 621 g/mol. The minimum absolute atomic E-state index is 0.0394. The SMILES string of the molecule is Cc1ccc(-c2nnc(SCCCCC(=O)N3CCN(C(=O)c4ccc(C(F)(F)F)cc4)C(C)C3)n2-c2ccccc2)cc1. The maximum Gasteiger partial charge on any atom is 0.416 e. The number of rotatable bonds is 9. The molecule has 0 radical (unpaired) electrons. The Balaban J connectivity index is 1.11. The van der Waals surface area contributed by atoms with Crippen LogP contribution in [0.1, 0.15) is 47.7 Å². The van der Waals surface area contributed by atoms with Crippen LogP contribution in [0.3, 0.4) is 0 Å². The van der Waals surface area contributed by atoms with Crippen LogP contribution in [0.4, 0.5) is 13.2 Å². The zero-order valence-corrected chi connectivity index (χ0v) is 25.4. The van der Waals surface area contributed by atoms with Crippen molar-refractivity contribution in [2.24, 2.45) is 0 Å². The van der Waals surface area contributed by atoms with Gasteiger partial charge in [-0.15, -0.1) is 10.2 Å². The molecule has 5 rings (SSSR count). The Bertz CT molecular complexity index is 1570. The molecule has 3 aromatic carbocycles. The van der Waals surface area contributed by atoms with Gasteiger partial charge in [-0.1, -0.05) is 59.8 Å². The number of amides is 2. The number of carbonyl (C=O) groups excluding carboxylic acids is 2. The van der Waals surface area contributed by atoms with Crippen LogP contribution in [0.2, 0.25) is 0 Å². The van der Waals surface area contributed by atoms with Crippen molar-refractivity contribution in [1.82, 2.24) is 24.6 Å². The number of carbonyl (C=O) groups is 2. The Labute approximate surface area is 259 Å². The van der Waals surface area contributed by atoms with E-state index in [0.29, 0.717) is 26.1 Å². The highest BCUT2D eigenvalue weighted by atomic mass is 32.2. The van der Waals surface area contributed by atoms with Crippen LogP contribution in [0.5, 0.6) is 0 Å². The van der Waals surface area contributed by atoms with Gasteiger partial charge in [0.2, 0.25) is 5.91 Å². The molecule has 230 valence electrons. The maximum atomic E-state index is 13.0. The van der Waals surface area contributed by atoms with E-state index in [1.807, 2.05) is 56.3 Å². The van der Waals surface area contributed by atoms with E-state index in [0.717, 1.165) is 53.0 Å². The normalized spacial score (nSPS) is 15.4. The Hall–Kier alpha value is -4.12. The predicted molar refractivity (Wildman–Crippen MR) is 165 cm³/mol. The Morgan fingerprint density at radius 3 is 2.27 bits per heavy atom. The van der Waals surface area contributed by atoms with Gasteiger partial charge in [0, 0.05) is 54.7 Å². The number of alkyl halides is 3. The number of aromatic nitrogens is 3. The van der Waals surface area contributed by atoms with Gasteiger partial charge >= 0.3 is 6.18 Å². The van der Waals surface area contributed by atoms with E-state index < -0.39 is 11.7 Å². The van der Waals surface area contributed by atoms with Gasteiger partial charge in [-0.3, -0.25) is 14.2 Å². The van der Waals surface area contributed by atoms with Crippen LogP contribution in [0, 0.1) is 6.92 Å². The van der Waals surface area contributed by atoms with E-state index in [1.165, 1.54) is 17.7 Å². The van der Waals surface area contributed by atoms with Gasteiger partial charge in [-0.2, -0.15) is 13.2 Å². The molecular weight excluding hydrogens is 587 g/mol. The third-order valence-corrected chi connectivity index (χ3v) is 8.69. The fraction of sp³-hybridized carbons (Fsp3) is 0.333. The predicted octanol–water partition coefficient (Wildman–Crippen LogP) is 6.90. The first-order chi connectivity index (χ1) is 21.1. The fourth-order valence-corrected chi connectivity index (χ4v) is 6.17. The van der Waals surface area contributed by atoms with Gasteiger partial charge < -0.3 is 9.80 Å². The quantitative estimate of drug-likeness (QED) is 0.150. The van der Waals surface area contributed by atoms with E-state index in [4.69, 9.17) is 0 Å². The summed E-state index contributed by atoms with van der Waals surface area (Å²) in [6.07, 6.45) is -2.51. The first-order valence-corrected chi connectivity index (χ1v) is 15.6. The van der Waals surface area contributed by atoms with Crippen molar-refractivity contribution >= 4 is 23.6 Å². The highest BCUT2D eigenvalue weighted by molar-refractivity contribution is 7.99. The molecule has 7 nitrogen and oxygen atoms in total. The molecule has 0 N–H and O–H groups in total. The second kappa shape index (κ2) is 13.7. The summed E-state index contributed by atoms with van der Waals surface area (Å²) in [5, 5.41) is 9.77. The number of para-hydroxylation sites is 1. The highest BCUT2D eigenvalue weighted by Gasteiger charge is 2.32. The number of benzene rings is 3. The molecule has 0 bridgehead atoms. The summed E-state index contributed by atoms with van der Waals surface area (Å²) in [5.74, 6) is 1.26. The number of aryl methyl sites for hydroxylation is 1. The van der Waals surface area contributed by atoms with Crippen LogP contribution >= 0.6 is 11.8 Å². The molecule has 44 heavy (non-hydrogen) atoms. The summed E-state index contributed by atoms with van der Waals surface area (Å²) < 4.78 is 40.7. The molecule has 0 saturated carbocycles. The van der Waals surface area contributed by atoms with Gasteiger partial charge in [0.1, 0.15) is 0 Å². The van der Waals surface area contributed by atoms with Crippen molar-refractivity contribution in [2.75, 3.05) is 25.4 Å². The standard InChI is InChI=1S/C33H34F3N5O2S/c1-23-11-13-25(14-12-23)30-37-38-32(41(30)28-8-4-3-5-9-28)44-21-7-6-10-29(42)39-19-20-40(24(2)22-39)31(43)26-15-17-27(18-16-26)33(34,35)36/h3-5,8-9,11-18,24H,6-7,10,19-22H2,1-2H3. The molecule has 2 heterocycles. The highest BCUT2D eigenvalue weighted by Crippen LogP contribution is 2.30. The molecule has 1 unspecified atom stereocenters. The average molecular weight is 622 g/mol. The lowest BCUT2D eigenvalue weighted by Crippen LogP contribution is -2.55. The lowest BCUT2D eigenvalue weighted by molar-refractivity contribution is -0.137. The van der Waals surface area contributed by atoms with Crippen LogP contribution in [0.25, 0.3) is 17.1 Å². The smallest absolute Gasteiger partial charge is 0.339 e. The molecule has 11 heteroatoms. The second-order valence-electron chi connectivity index (χ2n) is 10.9. The number of nitrogens with zero attached hydrogens (tertiary/aromatic N) is 5. The number of hydrogen-bond donors (Lipinski definition) is 0. The Morgan fingerprint density at radius 2 is 1.61 bits per heavy atom. The fourth-order valence-electron chi connectivity index (χ4n) is 5.22. The minimum Gasteiger partial charge on any atom is -0.339 e. The molecule has 1 aliphatic heterocycles. The summed E-state index contributed by atoms with van der Waals surface area (Å²) in [4.78, 5) is 29.3. The van der Waals surface area contributed by atoms with E-state index in [1.54, 1.807) is 21.6 Å². The number of unbranched alkanes of at least 4 members (excludes halogenated alkanes) is 1. The van der Waals surface area contributed by atoms with Gasteiger partial charge in [-0.05, 0) is 63.1 Å². The molecule has 1 aromatic heterocycles. The Morgan fingerprint density at radius 1 is 0.909 bits per heavy atom. The number of piperazine rings is 1. The lowest BCUT2D eigenvalue weighted by Gasteiger charge is -2.40. The summed E-state index contributed by atoms with van der Waals surface area (Å²) in [7, 11) is 0. The van der Waals surface area contributed by atoms with Gasteiger partial charge in [0.05, 0.1) is 5.56 Å². The zero-order valence-electron chi connectivity index (χ0n) is 24.6. The van der Waals surface area contributed by atoms with Crippen LogP contribution in [-0.4, -0.2) is 67.8 Å². The van der Waals surface area contributed by atoms with Crippen molar-refractivity contribution in [2.45, 2.75) is 50.5 Å². The zero-order chi connectivity index (χ0) is 31.3. The van der Waals surface area contributed by atoms with Crippen molar-refractivity contribution in [1.29, 1.82) is 0 Å². The van der Waals surface area contributed by atoms with Crippen molar-refractivity contribution in [3.05, 3.63) is 95.6 Å². The number of halogens is 3. The molecular formula is C33H34F3N5O2S. The lowest BCUT2D eigenvalue weighted by atomic mass is 10.1. The Kier molecular flexibility index (Phi) is 9.73. The largest absolute Gasteiger partial charge is 0.416 e. The molecule has 2 amide bonds. The first kappa shape index (κ1) is 31.3. The molecule has 1 fully saturated rings. The molecule has 0 aliphatic carbocycles. The summed E-state index contributed by atoms with van der Waals surface area (Å²) in [6, 6.07) is 22.2. The van der Waals surface area contributed by atoms with Gasteiger partial charge in [0.15, 0.2) is 11.0 Å². The van der Waals surface area contributed by atoms with Crippen molar-refractivity contribution in [3.8, 4) is 17.1 Å². The number of thioether (sulfide) groups is 1. The second-order valence-corrected chi connectivity index (χ2v) is 12.0. The van der Waals surface area contributed by atoms with Crippen LogP contribution < -0.4 is 0 Å². The summed E-state index contributed by atoms with van der Waals surface area (Å²) in [5.41, 5.74) is 2.56.